The van der Waals surface area contributed by atoms with Crippen molar-refractivity contribution in [3.05, 3.63) is 48.8 Å². The SMILES string of the molecule is CN(CC1(O)CCN(c2ncccn2)C1)C(=O)CCOc1ccccc1. The average molecular weight is 356 g/mol. The number of anilines is 1. The van der Waals surface area contributed by atoms with Crippen molar-refractivity contribution in [1.29, 1.82) is 0 Å². The molecule has 26 heavy (non-hydrogen) atoms. The Morgan fingerprint density at radius 2 is 2.00 bits per heavy atom. The number of carbonyl (C=O) groups is 1. The molecule has 3 rings (SSSR count). The molecule has 1 atom stereocenters. The van der Waals surface area contributed by atoms with Gasteiger partial charge in [0.25, 0.3) is 0 Å². The van der Waals surface area contributed by atoms with E-state index in [0.717, 1.165) is 5.75 Å². The van der Waals surface area contributed by atoms with Gasteiger partial charge in [0.15, 0.2) is 0 Å². The lowest BCUT2D eigenvalue weighted by molar-refractivity contribution is -0.133. The fourth-order valence-electron chi connectivity index (χ4n) is 3.10. The van der Waals surface area contributed by atoms with Crippen LogP contribution in [0.5, 0.6) is 5.75 Å². The molecule has 0 spiro atoms. The van der Waals surface area contributed by atoms with E-state index in [1.165, 1.54) is 0 Å². The van der Waals surface area contributed by atoms with Gasteiger partial charge >= 0.3 is 0 Å². The molecule has 1 saturated heterocycles. The number of nitrogens with zero attached hydrogens (tertiary/aromatic N) is 4. The van der Waals surface area contributed by atoms with E-state index in [9.17, 15) is 9.90 Å². The van der Waals surface area contributed by atoms with Gasteiger partial charge in [0.2, 0.25) is 11.9 Å². The summed E-state index contributed by atoms with van der Waals surface area (Å²) in [5.41, 5.74) is -0.954. The third kappa shape index (κ3) is 4.70. The number of aliphatic hydroxyl groups is 1. The van der Waals surface area contributed by atoms with Gasteiger partial charge < -0.3 is 19.6 Å². The Morgan fingerprint density at radius 1 is 1.27 bits per heavy atom. The highest BCUT2D eigenvalue weighted by atomic mass is 16.5. The quantitative estimate of drug-likeness (QED) is 0.807. The monoisotopic (exact) mass is 356 g/mol. The molecule has 138 valence electrons. The van der Waals surface area contributed by atoms with Crippen LogP contribution in [0.15, 0.2) is 48.8 Å². The molecule has 1 aromatic heterocycles. The molecule has 0 aliphatic carbocycles. The number of aromatic nitrogens is 2. The van der Waals surface area contributed by atoms with Crippen LogP contribution in [0.4, 0.5) is 5.95 Å². The summed E-state index contributed by atoms with van der Waals surface area (Å²) in [5, 5.41) is 10.8. The third-order valence-electron chi connectivity index (χ3n) is 4.45. The molecule has 1 aliphatic heterocycles. The van der Waals surface area contributed by atoms with E-state index >= 15 is 0 Å². The maximum atomic E-state index is 12.3. The largest absolute Gasteiger partial charge is 0.493 e. The number of rotatable bonds is 7. The molecule has 1 aromatic carbocycles. The van der Waals surface area contributed by atoms with E-state index in [-0.39, 0.29) is 18.9 Å². The number of benzene rings is 1. The first-order valence-electron chi connectivity index (χ1n) is 8.72. The van der Waals surface area contributed by atoms with Gasteiger partial charge in [0.1, 0.15) is 11.4 Å². The van der Waals surface area contributed by atoms with Crippen LogP contribution in [0.2, 0.25) is 0 Å². The van der Waals surface area contributed by atoms with Crippen LogP contribution >= 0.6 is 0 Å². The number of ether oxygens (including phenoxy) is 1. The fourth-order valence-corrected chi connectivity index (χ4v) is 3.10. The lowest BCUT2D eigenvalue weighted by Gasteiger charge is -2.29. The van der Waals surface area contributed by atoms with E-state index in [1.807, 2.05) is 35.2 Å². The first kappa shape index (κ1) is 18.1. The second-order valence-corrected chi connectivity index (χ2v) is 6.61. The standard InChI is InChI=1S/C19H24N4O3/c1-22(17(24)8-13-26-16-6-3-2-4-7-16)14-19(25)9-12-23(15-19)18-20-10-5-11-21-18/h2-7,10-11,25H,8-9,12-15H2,1H3. The highest BCUT2D eigenvalue weighted by molar-refractivity contribution is 5.76. The minimum absolute atomic E-state index is 0.0521. The number of hydrogen-bond donors (Lipinski definition) is 1. The van der Waals surface area contributed by atoms with Crippen molar-refractivity contribution in [1.82, 2.24) is 14.9 Å². The summed E-state index contributed by atoms with van der Waals surface area (Å²) >= 11 is 0. The van der Waals surface area contributed by atoms with Crippen LogP contribution in [0.3, 0.4) is 0 Å². The summed E-state index contributed by atoms with van der Waals surface area (Å²) in [6, 6.07) is 11.2. The van der Waals surface area contributed by atoms with Crippen LogP contribution in [0.1, 0.15) is 12.8 Å². The van der Waals surface area contributed by atoms with E-state index < -0.39 is 5.60 Å². The van der Waals surface area contributed by atoms with E-state index in [2.05, 4.69) is 9.97 Å². The summed E-state index contributed by atoms with van der Waals surface area (Å²) in [6.45, 7) is 1.67. The molecule has 1 N–H and O–H groups in total. The van der Waals surface area contributed by atoms with Gasteiger partial charge in [-0.05, 0) is 24.6 Å². The van der Waals surface area contributed by atoms with Crippen LogP contribution in [-0.2, 0) is 4.79 Å². The normalized spacial score (nSPS) is 19.4. The van der Waals surface area contributed by atoms with Crippen LogP contribution in [0, 0.1) is 0 Å². The number of hydrogen-bond acceptors (Lipinski definition) is 6. The van der Waals surface area contributed by atoms with Gasteiger partial charge in [0.05, 0.1) is 26.1 Å². The average Bonchev–Trinajstić information content (AvgIpc) is 3.05. The van der Waals surface area contributed by atoms with Gasteiger partial charge in [-0.25, -0.2) is 9.97 Å². The molecule has 2 heterocycles. The Kier molecular flexibility index (Phi) is 5.68. The molecule has 1 fully saturated rings. The Hall–Kier alpha value is -2.67. The molecule has 2 aromatic rings. The zero-order chi connectivity index (χ0) is 18.4. The summed E-state index contributed by atoms with van der Waals surface area (Å²) in [5.74, 6) is 1.30. The molecule has 1 unspecified atom stereocenters. The van der Waals surface area contributed by atoms with E-state index in [1.54, 1.807) is 30.4 Å². The maximum absolute atomic E-state index is 12.3. The Balaban J connectivity index is 1.46. The molecule has 1 aliphatic rings. The van der Waals surface area contributed by atoms with Gasteiger partial charge in [-0.1, -0.05) is 18.2 Å². The van der Waals surface area contributed by atoms with Crippen molar-refractivity contribution < 1.29 is 14.6 Å². The predicted molar refractivity (Wildman–Crippen MR) is 98.0 cm³/mol. The highest BCUT2D eigenvalue weighted by Crippen LogP contribution is 2.25. The van der Waals surface area contributed by atoms with Crippen molar-refractivity contribution in [2.45, 2.75) is 18.4 Å². The summed E-state index contributed by atoms with van der Waals surface area (Å²) < 4.78 is 5.56. The van der Waals surface area contributed by atoms with Crippen LogP contribution in [0.25, 0.3) is 0 Å². The second-order valence-electron chi connectivity index (χ2n) is 6.61. The van der Waals surface area contributed by atoms with Crippen molar-refractivity contribution in [3.8, 4) is 5.75 Å². The Morgan fingerprint density at radius 3 is 2.73 bits per heavy atom. The summed E-state index contributed by atoms with van der Waals surface area (Å²) in [4.78, 5) is 24.3. The second kappa shape index (κ2) is 8.14. The van der Waals surface area contributed by atoms with Crippen LogP contribution < -0.4 is 9.64 Å². The number of likely N-dealkylation sites (N-methyl/N-ethyl adjacent to an activating group) is 1. The molecule has 0 radical (unpaired) electrons. The Bertz CT molecular complexity index is 713. The zero-order valence-corrected chi connectivity index (χ0v) is 14.9. The molecule has 0 bridgehead atoms. The van der Waals surface area contributed by atoms with Gasteiger partial charge in [0, 0.05) is 26.0 Å². The molecule has 7 heteroatoms. The Labute approximate surface area is 153 Å². The third-order valence-corrected chi connectivity index (χ3v) is 4.45. The van der Waals surface area contributed by atoms with E-state index in [0.29, 0.717) is 32.1 Å². The minimum atomic E-state index is -0.954. The van der Waals surface area contributed by atoms with Gasteiger partial charge in [-0.2, -0.15) is 0 Å². The molecular formula is C19H24N4O3. The maximum Gasteiger partial charge on any atom is 0.225 e. The number of β-amino-alcohol motifs (C(OH)–C–C–N with tert-alkyl or cyclic N) is 1. The lowest BCUT2D eigenvalue weighted by Crippen LogP contribution is -2.46. The van der Waals surface area contributed by atoms with Crippen molar-refractivity contribution >= 4 is 11.9 Å². The predicted octanol–water partition coefficient (Wildman–Crippen LogP) is 1.35. The molecular weight excluding hydrogens is 332 g/mol. The van der Waals surface area contributed by atoms with Crippen molar-refractivity contribution in [3.63, 3.8) is 0 Å². The zero-order valence-electron chi connectivity index (χ0n) is 14.9. The van der Waals surface area contributed by atoms with E-state index in [4.69, 9.17) is 4.74 Å². The summed E-state index contributed by atoms with van der Waals surface area (Å²) in [6.07, 6.45) is 4.21. The lowest BCUT2D eigenvalue weighted by atomic mass is 10.0. The first-order valence-corrected chi connectivity index (χ1v) is 8.72. The van der Waals surface area contributed by atoms with Gasteiger partial charge in [-0.15, -0.1) is 0 Å². The number of carbonyl (C=O) groups excluding carboxylic acids is 1. The molecule has 1 amide bonds. The van der Waals surface area contributed by atoms with Crippen LogP contribution in [-0.4, -0.2) is 64.8 Å². The van der Waals surface area contributed by atoms with Crippen molar-refractivity contribution in [2.24, 2.45) is 0 Å². The number of para-hydroxylation sites is 1. The molecule has 0 saturated carbocycles. The summed E-state index contributed by atoms with van der Waals surface area (Å²) in [7, 11) is 1.71. The fraction of sp³-hybridized carbons (Fsp3) is 0.421. The number of amides is 1. The first-order chi connectivity index (χ1) is 12.6. The van der Waals surface area contributed by atoms with Gasteiger partial charge in [-0.3, -0.25) is 4.79 Å². The topological polar surface area (TPSA) is 78.8 Å². The minimum Gasteiger partial charge on any atom is -0.493 e. The molecule has 7 nitrogen and oxygen atoms in total. The smallest absolute Gasteiger partial charge is 0.225 e. The van der Waals surface area contributed by atoms with Crippen molar-refractivity contribution in [2.75, 3.05) is 38.2 Å². The highest BCUT2D eigenvalue weighted by Gasteiger charge is 2.38.